The number of anilines is 2. The molecule has 0 bridgehead atoms. The molecule has 0 aliphatic carbocycles. The first kappa shape index (κ1) is 17.8. The van der Waals surface area contributed by atoms with E-state index in [4.69, 9.17) is 0 Å². The molecule has 25 heavy (non-hydrogen) atoms. The van der Waals surface area contributed by atoms with Gasteiger partial charge in [0, 0.05) is 16.7 Å². The highest BCUT2D eigenvalue weighted by Gasteiger charge is 2.39. The molecule has 0 saturated carbocycles. The van der Waals surface area contributed by atoms with Gasteiger partial charge in [-0.2, -0.15) is 13.2 Å². The topological polar surface area (TPSA) is 41.1 Å². The Hall–Kier alpha value is -2.02. The smallest absolute Gasteiger partial charge is 0.355 e. The summed E-state index contributed by atoms with van der Waals surface area (Å²) in [6.07, 6.45) is -3.68. The van der Waals surface area contributed by atoms with E-state index in [0.29, 0.717) is 28.8 Å². The molecule has 3 rings (SSSR count). The quantitative estimate of drug-likeness (QED) is 0.745. The molecule has 1 aliphatic heterocycles. The normalized spacial score (nSPS) is 20.4. The van der Waals surface area contributed by atoms with Crippen LogP contribution in [0, 0.1) is 0 Å². The number of hydrogen-bond donors (Lipinski definition) is 2. The first-order valence-electron chi connectivity index (χ1n) is 7.73. The van der Waals surface area contributed by atoms with E-state index in [-0.39, 0.29) is 5.91 Å². The monoisotopic (exact) mass is 412 g/mol. The Morgan fingerprint density at radius 2 is 1.96 bits per heavy atom. The van der Waals surface area contributed by atoms with Gasteiger partial charge >= 0.3 is 6.18 Å². The maximum atomic E-state index is 12.8. The summed E-state index contributed by atoms with van der Waals surface area (Å²) in [6.45, 7) is 2.52. The molecule has 2 N–H and O–H groups in total. The zero-order valence-electron chi connectivity index (χ0n) is 13.4. The number of carbonyl (C=O) groups excluding carboxylic acids is 1. The number of nitrogens with one attached hydrogen (secondary N) is 2. The lowest BCUT2D eigenvalue weighted by Crippen LogP contribution is -2.32. The van der Waals surface area contributed by atoms with Gasteiger partial charge in [0.1, 0.15) is 0 Å². The Bertz CT molecular complexity index is 822. The average Bonchev–Trinajstić information content (AvgIpc) is 2.89. The minimum absolute atomic E-state index is 0.0158. The lowest BCUT2D eigenvalue weighted by atomic mass is 9.81. The second-order valence-corrected chi connectivity index (χ2v) is 7.09. The molecule has 0 aromatic heterocycles. The molecule has 2 aromatic carbocycles. The van der Waals surface area contributed by atoms with Crippen LogP contribution in [0.15, 0.2) is 46.9 Å². The molecule has 1 heterocycles. The summed E-state index contributed by atoms with van der Waals surface area (Å²) < 4.78 is 39.1. The number of amides is 1. The molecule has 0 spiro atoms. The molecule has 3 nitrogen and oxygen atoms in total. The largest absolute Gasteiger partial charge is 0.416 e. The van der Waals surface area contributed by atoms with Gasteiger partial charge in [-0.3, -0.25) is 4.79 Å². The Balaban J connectivity index is 1.86. The van der Waals surface area contributed by atoms with Crippen LogP contribution < -0.4 is 10.6 Å². The molecule has 1 fully saturated rings. The molecular weight excluding hydrogens is 397 g/mol. The summed E-state index contributed by atoms with van der Waals surface area (Å²) in [5.41, 5.74) is 0.541. The van der Waals surface area contributed by atoms with Crippen molar-refractivity contribution >= 4 is 33.2 Å². The van der Waals surface area contributed by atoms with Crippen molar-refractivity contribution < 1.29 is 18.0 Å². The Morgan fingerprint density at radius 3 is 2.56 bits per heavy atom. The Morgan fingerprint density at radius 1 is 1.20 bits per heavy atom. The van der Waals surface area contributed by atoms with Gasteiger partial charge in [-0.25, -0.2) is 0 Å². The lowest BCUT2D eigenvalue weighted by molar-refractivity contribution is -0.137. The van der Waals surface area contributed by atoms with Crippen LogP contribution in [0.2, 0.25) is 0 Å². The Kier molecular flexibility index (Phi) is 4.53. The number of benzene rings is 2. The van der Waals surface area contributed by atoms with Crippen molar-refractivity contribution in [1.82, 2.24) is 5.32 Å². The van der Waals surface area contributed by atoms with Gasteiger partial charge in [-0.05, 0) is 65.2 Å². The van der Waals surface area contributed by atoms with Crippen LogP contribution in [-0.4, -0.2) is 12.5 Å². The minimum atomic E-state index is -4.39. The minimum Gasteiger partial charge on any atom is -0.355 e. The highest BCUT2D eigenvalue weighted by Crippen LogP contribution is 2.37. The van der Waals surface area contributed by atoms with E-state index in [0.717, 1.165) is 17.7 Å². The van der Waals surface area contributed by atoms with Crippen molar-refractivity contribution in [2.24, 2.45) is 0 Å². The number of carbonyl (C=O) groups is 1. The summed E-state index contributed by atoms with van der Waals surface area (Å²) in [4.78, 5) is 12.1. The summed E-state index contributed by atoms with van der Waals surface area (Å²) >= 11 is 3.44. The molecule has 132 valence electrons. The van der Waals surface area contributed by atoms with Crippen molar-refractivity contribution in [3.05, 3.63) is 58.1 Å². The van der Waals surface area contributed by atoms with E-state index >= 15 is 0 Å². The third-order valence-electron chi connectivity index (χ3n) is 4.49. The number of alkyl halides is 3. The fourth-order valence-electron chi connectivity index (χ4n) is 2.90. The number of rotatable bonds is 3. The number of halogens is 4. The molecule has 0 radical (unpaired) electrons. The molecular formula is C18H16BrF3N2O. The predicted octanol–water partition coefficient (Wildman–Crippen LogP) is 4.99. The molecule has 1 atom stereocenters. The van der Waals surface area contributed by atoms with Crippen LogP contribution in [-0.2, 0) is 16.4 Å². The zero-order chi connectivity index (χ0) is 18.2. The fourth-order valence-corrected chi connectivity index (χ4v) is 3.38. The van der Waals surface area contributed by atoms with Crippen molar-refractivity contribution in [3.8, 4) is 0 Å². The summed E-state index contributed by atoms with van der Waals surface area (Å²) in [5.74, 6) is -0.0158. The highest BCUT2D eigenvalue weighted by molar-refractivity contribution is 9.10. The van der Waals surface area contributed by atoms with Crippen LogP contribution in [0.3, 0.4) is 0 Å². The fraction of sp³-hybridized carbons (Fsp3) is 0.278. The van der Waals surface area contributed by atoms with E-state index in [1.807, 2.05) is 19.1 Å². The molecule has 1 saturated heterocycles. The lowest BCUT2D eigenvalue weighted by Gasteiger charge is -2.22. The second kappa shape index (κ2) is 6.37. The zero-order valence-corrected chi connectivity index (χ0v) is 15.0. The van der Waals surface area contributed by atoms with Gasteiger partial charge < -0.3 is 10.6 Å². The predicted molar refractivity (Wildman–Crippen MR) is 93.8 cm³/mol. The van der Waals surface area contributed by atoms with Crippen LogP contribution in [0.4, 0.5) is 24.5 Å². The summed E-state index contributed by atoms with van der Waals surface area (Å²) in [7, 11) is 0. The summed E-state index contributed by atoms with van der Waals surface area (Å²) in [6, 6.07) is 10.4. The van der Waals surface area contributed by atoms with Gasteiger partial charge in [0.2, 0.25) is 5.91 Å². The van der Waals surface area contributed by atoms with E-state index in [9.17, 15) is 18.0 Å². The van der Waals surface area contributed by atoms with E-state index in [2.05, 4.69) is 26.6 Å². The maximum absolute atomic E-state index is 12.8. The summed E-state index contributed by atoms with van der Waals surface area (Å²) in [5, 5.41) is 5.81. The van der Waals surface area contributed by atoms with Crippen molar-refractivity contribution in [2.75, 3.05) is 11.9 Å². The van der Waals surface area contributed by atoms with Gasteiger partial charge in [-0.15, -0.1) is 0 Å². The van der Waals surface area contributed by atoms with E-state index in [1.54, 1.807) is 12.1 Å². The van der Waals surface area contributed by atoms with Crippen molar-refractivity contribution in [1.29, 1.82) is 0 Å². The molecule has 1 aliphatic rings. The van der Waals surface area contributed by atoms with Crippen LogP contribution >= 0.6 is 15.9 Å². The maximum Gasteiger partial charge on any atom is 0.416 e. The van der Waals surface area contributed by atoms with Crippen LogP contribution in [0.5, 0.6) is 0 Å². The first-order chi connectivity index (χ1) is 11.7. The molecule has 1 unspecified atom stereocenters. The van der Waals surface area contributed by atoms with Crippen molar-refractivity contribution in [3.63, 3.8) is 0 Å². The molecule has 7 heteroatoms. The molecule has 2 aromatic rings. The Labute approximate surface area is 151 Å². The van der Waals surface area contributed by atoms with Crippen LogP contribution in [0.1, 0.15) is 24.5 Å². The SMILES string of the molecule is CC1(c2ccc(Nc3cccc(C(F)(F)F)c3)c(Br)c2)CCNC1=O. The second-order valence-electron chi connectivity index (χ2n) is 6.24. The third-order valence-corrected chi connectivity index (χ3v) is 5.14. The number of hydrogen-bond acceptors (Lipinski definition) is 2. The van der Waals surface area contributed by atoms with Gasteiger partial charge in [-0.1, -0.05) is 12.1 Å². The van der Waals surface area contributed by atoms with Gasteiger partial charge in [0.15, 0.2) is 0 Å². The van der Waals surface area contributed by atoms with E-state index in [1.165, 1.54) is 6.07 Å². The first-order valence-corrected chi connectivity index (χ1v) is 8.52. The third kappa shape index (κ3) is 3.51. The standard InChI is InChI=1S/C18H16BrF3N2O/c1-17(7-8-23-16(17)25)11-5-6-15(14(19)10-11)24-13-4-2-3-12(9-13)18(20,21)22/h2-6,9-10,24H,7-8H2,1H3,(H,23,25). The van der Waals surface area contributed by atoms with Crippen LogP contribution in [0.25, 0.3) is 0 Å². The van der Waals surface area contributed by atoms with Crippen molar-refractivity contribution in [2.45, 2.75) is 24.9 Å². The van der Waals surface area contributed by atoms with E-state index < -0.39 is 17.2 Å². The molecule has 1 amide bonds. The van der Waals surface area contributed by atoms with Gasteiger partial charge in [0.05, 0.1) is 16.7 Å². The van der Waals surface area contributed by atoms with Gasteiger partial charge in [0.25, 0.3) is 0 Å². The highest BCUT2D eigenvalue weighted by atomic mass is 79.9. The average molecular weight is 413 g/mol.